The van der Waals surface area contributed by atoms with Gasteiger partial charge >= 0.3 is 18.1 Å². The van der Waals surface area contributed by atoms with Gasteiger partial charge < -0.3 is 26.2 Å². The summed E-state index contributed by atoms with van der Waals surface area (Å²) >= 11 is 0. The van der Waals surface area contributed by atoms with E-state index in [1.54, 1.807) is 4.90 Å². The van der Waals surface area contributed by atoms with Crippen LogP contribution < -0.4 is 16.0 Å². The quantitative estimate of drug-likeness (QED) is 0.0964. The Morgan fingerprint density at radius 1 is 0.896 bits per heavy atom. The molecule has 4 rings (SSSR count). The van der Waals surface area contributed by atoms with E-state index in [-0.39, 0.29) is 37.3 Å². The van der Waals surface area contributed by atoms with Crippen LogP contribution in [0.2, 0.25) is 0 Å². The van der Waals surface area contributed by atoms with Crippen molar-refractivity contribution in [1.29, 1.82) is 5.41 Å². The van der Waals surface area contributed by atoms with Crippen LogP contribution in [0.25, 0.3) is 0 Å². The Morgan fingerprint density at radius 2 is 1.46 bits per heavy atom. The van der Waals surface area contributed by atoms with Crippen molar-refractivity contribution in [3.63, 3.8) is 0 Å². The van der Waals surface area contributed by atoms with Crippen molar-refractivity contribution in [3.05, 3.63) is 101 Å². The molecule has 6 N–H and O–H groups in total. The number of amides is 2. The fourth-order valence-corrected chi connectivity index (χ4v) is 5.22. The minimum Gasteiger partial charge on any atom is -0.481 e. The number of fused-ring (bicyclic) bond motifs is 1. The number of guanidine groups is 1. The molecule has 3 aromatic carbocycles. The second kappa shape index (κ2) is 17.5. The first-order valence-corrected chi connectivity index (χ1v) is 15.2. The summed E-state index contributed by atoms with van der Waals surface area (Å²) in [4.78, 5) is 51.1. The van der Waals surface area contributed by atoms with Crippen LogP contribution in [0.15, 0.2) is 78.9 Å². The number of unbranched alkanes of at least 4 members (excludes halogenated alkanes) is 3. The number of anilines is 1. The predicted molar refractivity (Wildman–Crippen MR) is 173 cm³/mol. The van der Waals surface area contributed by atoms with Crippen LogP contribution in [0, 0.1) is 5.41 Å². The molecule has 0 aliphatic carbocycles. The van der Waals surface area contributed by atoms with E-state index in [4.69, 9.17) is 21.0 Å². The lowest BCUT2D eigenvalue weighted by atomic mass is 9.95. The lowest BCUT2D eigenvalue weighted by molar-refractivity contribution is -0.192. The highest BCUT2D eigenvalue weighted by Gasteiger charge is 2.38. The summed E-state index contributed by atoms with van der Waals surface area (Å²) < 4.78 is 31.7. The Kier molecular flexibility index (Phi) is 13.5. The average Bonchev–Trinajstić information content (AvgIpc) is 3.14. The lowest BCUT2D eigenvalue weighted by Crippen LogP contribution is -2.42. The number of benzene rings is 3. The van der Waals surface area contributed by atoms with Gasteiger partial charge in [-0.05, 0) is 48.1 Å². The molecule has 11 nitrogen and oxygen atoms in total. The smallest absolute Gasteiger partial charge is 0.481 e. The van der Waals surface area contributed by atoms with Crippen LogP contribution in [0.3, 0.4) is 0 Å². The molecular weight excluding hydrogens is 631 g/mol. The zero-order valence-electron chi connectivity index (χ0n) is 26.1. The highest BCUT2D eigenvalue weighted by Crippen LogP contribution is 2.37. The number of aliphatic carboxylic acids is 2. The molecule has 2 amide bonds. The van der Waals surface area contributed by atoms with Gasteiger partial charge in [0.1, 0.15) is 6.54 Å². The second-order valence-electron chi connectivity index (χ2n) is 11.0. The summed E-state index contributed by atoms with van der Waals surface area (Å²) in [6.07, 6.45) is -0.736. The number of halogens is 3. The molecule has 1 aliphatic rings. The van der Waals surface area contributed by atoms with Crippen LogP contribution in [-0.2, 0) is 20.8 Å². The van der Waals surface area contributed by atoms with E-state index in [1.807, 2.05) is 78.9 Å². The molecule has 0 atom stereocenters. The highest BCUT2D eigenvalue weighted by atomic mass is 19.4. The maximum atomic E-state index is 13.9. The number of alkyl halides is 3. The lowest BCUT2D eigenvalue weighted by Gasteiger charge is -2.33. The van der Waals surface area contributed by atoms with Gasteiger partial charge in [0.05, 0.1) is 23.7 Å². The van der Waals surface area contributed by atoms with Crippen molar-refractivity contribution in [1.82, 2.24) is 10.2 Å². The normalized spacial score (nSPS) is 12.9. The minimum absolute atomic E-state index is 0.0219. The third-order valence-electron chi connectivity index (χ3n) is 7.47. The van der Waals surface area contributed by atoms with E-state index in [0.717, 1.165) is 48.8 Å². The van der Waals surface area contributed by atoms with Gasteiger partial charge in [-0.25, -0.2) is 4.79 Å². The monoisotopic (exact) mass is 669 g/mol. The molecular formula is C34H38F3N5O6. The maximum Gasteiger partial charge on any atom is 0.490 e. The van der Waals surface area contributed by atoms with Gasteiger partial charge in [-0.3, -0.25) is 24.7 Å². The van der Waals surface area contributed by atoms with E-state index >= 15 is 0 Å². The first kappa shape index (κ1) is 37.1. The van der Waals surface area contributed by atoms with Gasteiger partial charge in [-0.2, -0.15) is 13.2 Å². The number of carboxylic acids is 2. The van der Waals surface area contributed by atoms with E-state index in [9.17, 15) is 32.7 Å². The molecule has 0 saturated heterocycles. The predicted octanol–water partition coefficient (Wildman–Crippen LogP) is 4.96. The van der Waals surface area contributed by atoms with Gasteiger partial charge in [-0.1, -0.05) is 79.6 Å². The number of nitrogens with one attached hydrogen (secondary N) is 2. The van der Waals surface area contributed by atoms with Gasteiger partial charge in [-0.15, -0.1) is 0 Å². The second-order valence-corrected chi connectivity index (χ2v) is 11.0. The largest absolute Gasteiger partial charge is 0.490 e. The van der Waals surface area contributed by atoms with Crippen LogP contribution in [0.4, 0.5) is 18.9 Å². The number of carbonyl (C=O) groups is 4. The van der Waals surface area contributed by atoms with E-state index in [1.165, 1.54) is 4.90 Å². The zero-order valence-corrected chi connectivity index (χ0v) is 26.1. The number of nitrogens with zero attached hydrogens (tertiary/aromatic N) is 2. The molecule has 0 saturated carbocycles. The molecule has 0 fully saturated rings. The third kappa shape index (κ3) is 10.9. The first-order chi connectivity index (χ1) is 22.8. The van der Waals surface area contributed by atoms with Crippen molar-refractivity contribution in [2.24, 2.45) is 5.73 Å². The SMILES string of the molecule is N=C(N)NCCCCCCc1ccc2c(c1)C(=O)N(CCC(=O)O)CC(=O)N2C(c1ccccc1)c1ccccc1.O=C(O)C(F)(F)F. The van der Waals surface area contributed by atoms with Crippen molar-refractivity contribution in [3.8, 4) is 0 Å². The zero-order chi connectivity index (χ0) is 35.3. The molecule has 0 unspecified atom stereocenters. The van der Waals surface area contributed by atoms with E-state index < -0.39 is 24.2 Å². The molecule has 14 heteroatoms. The summed E-state index contributed by atoms with van der Waals surface area (Å²) in [6.45, 7) is 0.413. The van der Waals surface area contributed by atoms with E-state index in [0.29, 0.717) is 17.8 Å². The number of nitrogens with two attached hydrogens (primary N) is 1. The summed E-state index contributed by atoms with van der Waals surface area (Å²) in [5, 5.41) is 26.5. The molecule has 256 valence electrons. The van der Waals surface area contributed by atoms with Gasteiger partial charge in [0.25, 0.3) is 5.91 Å². The summed E-state index contributed by atoms with van der Waals surface area (Å²) in [6, 6.07) is 24.7. The summed E-state index contributed by atoms with van der Waals surface area (Å²) in [5.41, 5.74) is 9.06. The molecule has 0 bridgehead atoms. The number of carbonyl (C=O) groups excluding carboxylic acids is 2. The molecule has 1 heterocycles. The number of rotatable bonds is 13. The van der Waals surface area contributed by atoms with Crippen molar-refractivity contribution in [2.45, 2.75) is 50.7 Å². The maximum absolute atomic E-state index is 13.9. The fourth-order valence-electron chi connectivity index (χ4n) is 5.22. The van der Waals surface area contributed by atoms with E-state index in [2.05, 4.69) is 5.32 Å². The average molecular weight is 670 g/mol. The summed E-state index contributed by atoms with van der Waals surface area (Å²) in [5.74, 6) is -4.41. The fraction of sp³-hybridized carbons (Fsp3) is 0.324. The van der Waals surface area contributed by atoms with Gasteiger partial charge in [0.2, 0.25) is 5.91 Å². The molecule has 0 radical (unpaired) electrons. The Hall–Kier alpha value is -5.40. The molecule has 3 aromatic rings. The topological polar surface area (TPSA) is 177 Å². The first-order valence-electron chi connectivity index (χ1n) is 15.2. The molecule has 0 aromatic heterocycles. The Bertz CT molecular complexity index is 1530. The third-order valence-corrected chi connectivity index (χ3v) is 7.47. The number of hydrogen-bond acceptors (Lipinski definition) is 5. The number of aryl methyl sites for hydroxylation is 1. The molecule has 48 heavy (non-hydrogen) atoms. The van der Waals surface area contributed by atoms with Crippen LogP contribution in [0.1, 0.15) is 65.2 Å². The Labute approximate surface area is 275 Å². The van der Waals surface area contributed by atoms with Gasteiger partial charge in [0, 0.05) is 13.1 Å². The Balaban J connectivity index is 0.000000804. The van der Waals surface area contributed by atoms with Crippen LogP contribution in [-0.4, -0.2) is 70.6 Å². The van der Waals surface area contributed by atoms with Crippen LogP contribution >= 0.6 is 0 Å². The molecule has 1 aliphatic heterocycles. The summed E-state index contributed by atoms with van der Waals surface area (Å²) in [7, 11) is 0. The standard InChI is InChI=1S/C32H37N5O4.C2HF3O2/c33-32(34)35-19-10-2-1-5-11-23-16-17-27-26(21-23)31(41)36(20-18-29(39)40)22-28(38)37(27)30(24-12-6-3-7-13-24)25-14-8-4-9-15-25;3-2(4,5)1(6)7/h3-4,6-9,12-17,21,30H,1-2,5,10-11,18-20,22H2,(H,39,40)(H4,33,34,35);(H,6,7). The number of carboxylic acid groups (broad SMARTS) is 2. The van der Waals surface area contributed by atoms with Gasteiger partial charge in [0.15, 0.2) is 5.96 Å². The Morgan fingerprint density at radius 3 is 1.98 bits per heavy atom. The minimum atomic E-state index is -5.08. The van der Waals surface area contributed by atoms with Crippen molar-refractivity contribution in [2.75, 3.05) is 24.5 Å². The molecule has 0 spiro atoms. The van der Waals surface area contributed by atoms with Crippen molar-refractivity contribution >= 4 is 35.4 Å². The van der Waals surface area contributed by atoms with Crippen molar-refractivity contribution < 1.29 is 42.6 Å². The highest BCUT2D eigenvalue weighted by molar-refractivity contribution is 6.10. The van der Waals surface area contributed by atoms with Crippen LogP contribution in [0.5, 0.6) is 0 Å². The number of hydrogen-bond donors (Lipinski definition) is 5.